The highest BCUT2D eigenvalue weighted by atomic mass is 79.9. The minimum atomic E-state index is -0.401. The van der Waals surface area contributed by atoms with E-state index in [9.17, 15) is 9.59 Å². The highest BCUT2D eigenvalue weighted by Crippen LogP contribution is 2.51. The van der Waals surface area contributed by atoms with Crippen molar-refractivity contribution >= 4 is 51.7 Å². The standard InChI is InChI=1S/C18H24BNO4.C12H12BrNO2/c1-17(2)18(3,4)24-19(23-17)12-8-9-13-16(15(12)11-6-7-11)22-10-14(21)20(13)5;1-14-9-5-4-8(13)11(7-2-3-7)12(9)16-6-10(14)15/h8-9,11H,6-7,10H2,1-5H3;4-5,7H,2-3,6H2,1H3. The van der Waals surface area contributed by atoms with Gasteiger partial charge in [-0.15, -0.1) is 0 Å². The minimum Gasteiger partial charge on any atom is -0.481 e. The van der Waals surface area contributed by atoms with Crippen LogP contribution in [0.3, 0.4) is 0 Å². The number of benzene rings is 2. The molecular formula is C30H36BBrN2O6. The highest BCUT2D eigenvalue weighted by Gasteiger charge is 2.53. The molecule has 1 saturated heterocycles. The summed E-state index contributed by atoms with van der Waals surface area (Å²) in [5.41, 5.74) is 4.42. The predicted molar refractivity (Wildman–Crippen MR) is 158 cm³/mol. The molecule has 2 aliphatic carbocycles. The maximum absolute atomic E-state index is 11.9. The van der Waals surface area contributed by atoms with Crippen LogP contribution in [0.2, 0.25) is 0 Å². The zero-order valence-corrected chi connectivity index (χ0v) is 25.6. The first-order valence-electron chi connectivity index (χ1n) is 14.0. The quantitative estimate of drug-likeness (QED) is 0.460. The van der Waals surface area contributed by atoms with Gasteiger partial charge in [-0.2, -0.15) is 0 Å². The van der Waals surface area contributed by atoms with Gasteiger partial charge in [0.1, 0.15) is 11.5 Å². The monoisotopic (exact) mass is 610 g/mol. The number of carbonyl (C=O) groups excluding carboxylic acids is 2. The fraction of sp³-hybridized carbons (Fsp3) is 0.533. The van der Waals surface area contributed by atoms with Gasteiger partial charge in [0.2, 0.25) is 0 Å². The third-order valence-electron chi connectivity index (χ3n) is 8.96. The minimum absolute atomic E-state index is 0.0107. The number of hydrogen-bond donors (Lipinski definition) is 0. The van der Waals surface area contributed by atoms with Crippen LogP contribution in [0, 0.1) is 0 Å². The van der Waals surface area contributed by atoms with Crippen LogP contribution in [-0.2, 0) is 18.9 Å². The summed E-state index contributed by atoms with van der Waals surface area (Å²) in [6.45, 7) is 8.49. The third kappa shape index (κ3) is 4.71. The van der Waals surface area contributed by atoms with Gasteiger partial charge in [0.05, 0.1) is 22.6 Å². The Balaban J connectivity index is 0.000000157. The molecule has 2 aromatic rings. The average Bonchev–Trinajstić information content (AvgIpc) is 3.82. The van der Waals surface area contributed by atoms with Gasteiger partial charge in [0.15, 0.2) is 13.2 Å². The second-order valence-electron chi connectivity index (χ2n) is 12.3. The summed E-state index contributed by atoms with van der Waals surface area (Å²) < 4.78 is 25.0. The van der Waals surface area contributed by atoms with Crippen LogP contribution in [0.15, 0.2) is 28.7 Å². The van der Waals surface area contributed by atoms with Crippen molar-refractivity contribution in [1.82, 2.24) is 0 Å². The molecular weight excluding hydrogens is 575 g/mol. The van der Waals surface area contributed by atoms with Crippen LogP contribution in [0.25, 0.3) is 0 Å². The number of rotatable bonds is 3. The van der Waals surface area contributed by atoms with Crippen molar-refractivity contribution in [2.45, 2.75) is 76.4 Å². The van der Waals surface area contributed by atoms with E-state index in [1.165, 1.54) is 18.4 Å². The second kappa shape index (κ2) is 9.77. The van der Waals surface area contributed by atoms with Gasteiger partial charge in [-0.25, -0.2) is 0 Å². The summed E-state index contributed by atoms with van der Waals surface area (Å²) in [5.74, 6) is 2.77. The van der Waals surface area contributed by atoms with Gasteiger partial charge < -0.3 is 28.6 Å². The van der Waals surface area contributed by atoms with E-state index in [0.717, 1.165) is 51.2 Å². The Bertz CT molecular complexity index is 1370. The molecule has 40 heavy (non-hydrogen) atoms. The van der Waals surface area contributed by atoms with Gasteiger partial charge in [0, 0.05) is 24.1 Å². The number of hydrogen-bond acceptors (Lipinski definition) is 6. The Kier molecular flexibility index (Phi) is 6.75. The number of amides is 2. The van der Waals surface area contributed by atoms with E-state index in [4.69, 9.17) is 18.8 Å². The van der Waals surface area contributed by atoms with Crippen molar-refractivity contribution in [1.29, 1.82) is 0 Å². The Hall–Kier alpha value is -2.56. The third-order valence-corrected chi connectivity index (χ3v) is 9.65. The summed E-state index contributed by atoms with van der Waals surface area (Å²) in [6, 6.07) is 7.92. The highest BCUT2D eigenvalue weighted by molar-refractivity contribution is 9.10. The number of ether oxygens (including phenoxy) is 2. The molecule has 0 N–H and O–H groups in total. The van der Waals surface area contributed by atoms with E-state index in [1.807, 2.05) is 24.3 Å². The molecule has 3 aliphatic heterocycles. The molecule has 0 bridgehead atoms. The van der Waals surface area contributed by atoms with Crippen molar-refractivity contribution in [2.24, 2.45) is 0 Å². The molecule has 2 saturated carbocycles. The molecule has 5 aliphatic rings. The number of carbonyl (C=O) groups is 2. The van der Waals surface area contributed by atoms with Crippen LogP contribution in [0.5, 0.6) is 11.5 Å². The van der Waals surface area contributed by atoms with E-state index in [1.54, 1.807) is 23.9 Å². The Morgan fingerprint density at radius 3 is 1.70 bits per heavy atom. The molecule has 2 amide bonds. The molecule has 2 aromatic carbocycles. The molecule has 0 unspecified atom stereocenters. The van der Waals surface area contributed by atoms with E-state index < -0.39 is 7.12 Å². The lowest BCUT2D eigenvalue weighted by molar-refractivity contribution is -0.121. The van der Waals surface area contributed by atoms with Crippen LogP contribution in [0.1, 0.15) is 76.3 Å². The summed E-state index contributed by atoms with van der Waals surface area (Å²) in [6.07, 6.45) is 4.72. The maximum Gasteiger partial charge on any atom is 0.495 e. The van der Waals surface area contributed by atoms with Gasteiger partial charge in [-0.05, 0) is 94.4 Å². The fourth-order valence-electron chi connectivity index (χ4n) is 5.45. The fourth-order valence-corrected chi connectivity index (χ4v) is 6.09. The second-order valence-corrected chi connectivity index (χ2v) is 13.2. The molecule has 0 spiro atoms. The average molecular weight is 611 g/mol. The lowest BCUT2D eigenvalue weighted by Gasteiger charge is -2.32. The topological polar surface area (TPSA) is 77.5 Å². The first-order valence-corrected chi connectivity index (χ1v) is 14.8. The largest absolute Gasteiger partial charge is 0.495 e. The summed E-state index contributed by atoms with van der Waals surface area (Å²) in [5, 5.41) is 0. The number of anilines is 2. The van der Waals surface area contributed by atoms with Gasteiger partial charge >= 0.3 is 7.12 Å². The molecule has 0 aromatic heterocycles. The smallest absolute Gasteiger partial charge is 0.481 e. The van der Waals surface area contributed by atoms with Crippen LogP contribution in [-0.4, -0.2) is 57.4 Å². The van der Waals surface area contributed by atoms with Crippen molar-refractivity contribution in [2.75, 3.05) is 37.1 Å². The molecule has 212 valence electrons. The van der Waals surface area contributed by atoms with Crippen molar-refractivity contribution in [3.63, 3.8) is 0 Å². The Morgan fingerprint density at radius 2 is 1.20 bits per heavy atom. The molecule has 0 radical (unpaired) electrons. The summed E-state index contributed by atoms with van der Waals surface area (Å²) in [4.78, 5) is 26.8. The van der Waals surface area contributed by atoms with Gasteiger partial charge in [-0.1, -0.05) is 22.0 Å². The summed E-state index contributed by atoms with van der Waals surface area (Å²) in [7, 11) is 3.20. The van der Waals surface area contributed by atoms with Crippen molar-refractivity contribution in [3.8, 4) is 11.5 Å². The molecule has 3 fully saturated rings. The first-order chi connectivity index (χ1) is 18.9. The number of nitrogens with zero attached hydrogens (tertiary/aromatic N) is 2. The lowest BCUT2D eigenvalue weighted by Crippen LogP contribution is -2.41. The molecule has 3 heterocycles. The number of halogens is 1. The SMILES string of the molecule is CN1C(=O)COc2c1ccc(B1OC(C)(C)C(C)(C)O1)c2C1CC1.CN1C(=O)COc2c1ccc(Br)c2C1CC1. The van der Waals surface area contributed by atoms with Crippen LogP contribution >= 0.6 is 15.9 Å². The van der Waals surface area contributed by atoms with Crippen LogP contribution < -0.4 is 24.7 Å². The molecule has 8 nitrogen and oxygen atoms in total. The zero-order chi connectivity index (χ0) is 28.6. The van der Waals surface area contributed by atoms with E-state index in [2.05, 4.69) is 43.6 Å². The molecule has 7 rings (SSSR count). The first kappa shape index (κ1) is 27.6. The Morgan fingerprint density at radius 1 is 0.750 bits per heavy atom. The van der Waals surface area contributed by atoms with Gasteiger partial charge in [0.25, 0.3) is 11.8 Å². The van der Waals surface area contributed by atoms with E-state index in [0.29, 0.717) is 11.8 Å². The summed E-state index contributed by atoms with van der Waals surface area (Å²) >= 11 is 3.57. The zero-order valence-electron chi connectivity index (χ0n) is 24.0. The molecule has 10 heteroatoms. The predicted octanol–water partition coefficient (Wildman–Crippen LogP) is 4.90. The van der Waals surface area contributed by atoms with E-state index >= 15 is 0 Å². The van der Waals surface area contributed by atoms with E-state index in [-0.39, 0.29) is 36.2 Å². The van der Waals surface area contributed by atoms with Gasteiger partial charge in [-0.3, -0.25) is 9.59 Å². The number of fused-ring (bicyclic) bond motifs is 2. The van der Waals surface area contributed by atoms with Crippen molar-refractivity contribution < 1.29 is 28.4 Å². The maximum atomic E-state index is 11.9. The lowest BCUT2D eigenvalue weighted by atomic mass is 9.74. The van der Waals surface area contributed by atoms with Crippen molar-refractivity contribution in [3.05, 3.63) is 39.9 Å². The normalized spacial score (nSPS) is 22.6. The number of likely N-dealkylation sites (N-methyl/N-ethyl adjacent to an activating group) is 2. The molecule has 0 atom stereocenters. The van der Waals surface area contributed by atoms with Crippen LogP contribution in [0.4, 0.5) is 11.4 Å². The Labute approximate surface area is 244 Å².